The Morgan fingerprint density at radius 3 is 2.50 bits per heavy atom. The summed E-state index contributed by atoms with van der Waals surface area (Å²) in [6.45, 7) is 5.42. The molecule has 0 aromatic heterocycles. The molecular formula is C24H29NO5. The normalized spacial score (nSPS) is 14.3. The van der Waals surface area contributed by atoms with Gasteiger partial charge in [0.05, 0.1) is 33.5 Å². The van der Waals surface area contributed by atoms with Gasteiger partial charge in [-0.05, 0) is 47.9 Å². The van der Waals surface area contributed by atoms with Crippen LogP contribution in [-0.2, 0) is 4.79 Å². The molecule has 1 atom stereocenters. The fourth-order valence-electron chi connectivity index (χ4n) is 3.34. The number of amides is 1. The Labute approximate surface area is 177 Å². The van der Waals surface area contributed by atoms with E-state index in [9.17, 15) is 4.79 Å². The van der Waals surface area contributed by atoms with Crippen molar-refractivity contribution in [1.29, 1.82) is 0 Å². The topological polar surface area (TPSA) is 66.0 Å². The highest BCUT2D eigenvalue weighted by Crippen LogP contribution is 2.34. The van der Waals surface area contributed by atoms with Crippen molar-refractivity contribution in [3.8, 4) is 23.0 Å². The van der Waals surface area contributed by atoms with Gasteiger partial charge in [-0.25, -0.2) is 0 Å². The number of hydrogen-bond acceptors (Lipinski definition) is 5. The molecule has 0 saturated heterocycles. The zero-order valence-electron chi connectivity index (χ0n) is 17.9. The maximum Gasteiger partial charge on any atom is 0.244 e. The van der Waals surface area contributed by atoms with Gasteiger partial charge in [-0.1, -0.05) is 19.9 Å². The average Bonchev–Trinajstić information content (AvgIpc) is 3.00. The van der Waals surface area contributed by atoms with Gasteiger partial charge in [0.1, 0.15) is 11.5 Å². The van der Waals surface area contributed by atoms with Gasteiger partial charge in [-0.15, -0.1) is 0 Å². The van der Waals surface area contributed by atoms with Crippen LogP contribution < -0.4 is 24.3 Å². The van der Waals surface area contributed by atoms with E-state index in [0.717, 1.165) is 29.0 Å². The molecule has 0 aliphatic carbocycles. The second-order valence-electron chi connectivity index (χ2n) is 7.43. The van der Waals surface area contributed by atoms with Crippen molar-refractivity contribution < 1.29 is 23.7 Å². The third-order valence-electron chi connectivity index (χ3n) is 4.95. The van der Waals surface area contributed by atoms with E-state index >= 15 is 0 Å². The van der Waals surface area contributed by atoms with Crippen molar-refractivity contribution in [2.45, 2.75) is 26.3 Å². The Hall–Kier alpha value is -3.15. The second-order valence-corrected chi connectivity index (χ2v) is 7.43. The van der Waals surface area contributed by atoms with Gasteiger partial charge in [0.25, 0.3) is 0 Å². The largest absolute Gasteiger partial charge is 0.497 e. The Morgan fingerprint density at radius 2 is 1.80 bits per heavy atom. The van der Waals surface area contributed by atoms with E-state index in [4.69, 9.17) is 18.9 Å². The Morgan fingerprint density at radius 1 is 1.03 bits per heavy atom. The van der Waals surface area contributed by atoms with Crippen LogP contribution in [-0.4, -0.2) is 33.3 Å². The molecular weight excluding hydrogens is 382 g/mol. The molecule has 1 heterocycles. The Kier molecular flexibility index (Phi) is 7.22. The van der Waals surface area contributed by atoms with E-state index in [2.05, 4.69) is 19.2 Å². The van der Waals surface area contributed by atoms with Gasteiger partial charge in [0.2, 0.25) is 5.91 Å². The van der Waals surface area contributed by atoms with E-state index in [1.54, 1.807) is 20.3 Å². The van der Waals surface area contributed by atoms with E-state index in [0.29, 0.717) is 24.7 Å². The first-order chi connectivity index (χ1) is 14.5. The summed E-state index contributed by atoms with van der Waals surface area (Å²) in [5, 5.41) is 3.10. The van der Waals surface area contributed by atoms with E-state index in [-0.39, 0.29) is 17.9 Å². The highest BCUT2D eigenvalue weighted by Gasteiger charge is 2.20. The summed E-state index contributed by atoms with van der Waals surface area (Å²) in [6, 6.07) is 11.1. The maximum absolute atomic E-state index is 12.7. The lowest BCUT2D eigenvalue weighted by Crippen LogP contribution is -2.30. The number of benzene rings is 2. The monoisotopic (exact) mass is 411 g/mol. The van der Waals surface area contributed by atoms with Crippen molar-refractivity contribution in [1.82, 2.24) is 5.32 Å². The van der Waals surface area contributed by atoms with Crippen molar-refractivity contribution in [3.63, 3.8) is 0 Å². The summed E-state index contributed by atoms with van der Waals surface area (Å²) in [6.07, 6.45) is 4.09. The summed E-state index contributed by atoms with van der Waals surface area (Å²) in [5.41, 5.74) is 1.75. The molecule has 1 N–H and O–H groups in total. The van der Waals surface area contributed by atoms with Crippen LogP contribution in [0.15, 0.2) is 42.5 Å². The van der Waals surface area contributed by atoms with Gasteiger partial charge in [0, 0.05) is 18.1 Å². The highest BCUT2D eigenvalue weighted by molar-refractivity contribution is 5.92. The molecule has 6 nitrogen and oxygen atoms in total. The van der Waals surface area contributed by atoms with Crippen LogP contribution in [0.5, 0.6) is 23.0 Å². The minimum atomic E-state index is -0.189. The number of ether oxygens (including phenoxy) is 4. The third kappa shape index (κ3) is 5.26. The van der Waals surface area contributed by atoms with E-state index in [1.165, 1.54) is 6.08 Å². The van der Waals surface area contributed by atoms with E-state index in [1.807, 2.05) is 36.4 Å². The predicted octanol–water partition coefficient (Wildman–Crippen LogP) is 4.39. The molecule has 0 radical (unpaired) electrons. The molecule has 1 aliphatic heterocycles. The van der Waals surface area contributed by atoms with Gasteiger partial charge in [-0.3, -0.25) is 4.79 Å². The SMILES string of the molecule is COc1ccc(OC)c(/C=C/C(=O)N[C@@H](c2ccc3c(c2)OCCCO3)C(C)C)c1. The maximum atomic E-state index is 12.7. The zero-order valence-corrected chi connectivity index (χ0v) is 17.9. The molecule has 0 unspecified atom stereocenters. The van der Waals surface area contributed by atoms with Crippen LogP contribution in [0.25, 0.3) is 6.08 Å². The first-order valence-electron chi connectivity index (χ1n) is 10.1. The highest BCUT2D eigenvalue weighted by atomic mass is 16.5. The number of rotatable bonds is 7. The number of fused-ring (bicyclic) bond motifs is 1. The summed E-state index contributed by atoms with van der Waals surface area (Å²) in [4.78, 5) is 12.7. The molecule has 0 fully saturated rings. The van der Waals surface area contributed by atoms with E-state index < -0.39 is 0 Å². The number of methoxy groups -OCH3 is 2. The Balaban J connectivity index is 1.77. The lowest BCUT2D eigenvalue weighted by Gasteiger charge is -2.23. The van der Waals surface area contributed by atoms with Gasteiger partial charge in [-0.2, -0.15) is 0 Å². The van der Waals surface area contributed by atoms with Crippen molar-refractivity contribution in [3.05, 3.63) is 53.6 Å². The third-order valence-corrected chi connectivity index (χ3v) is 4.95. The number of carbonyl (C=O) groups is 1. The molecule has 0 spiro atoms. The van der Waals surface area contributed by atoms with Crippen LogP contribution in [0, 0.1) is 5.92 Å². The quantitative estimate of drug-likeness (QED) is 0.685. The second kappa shape index (κ2) is 10.1. The van der Waals surface area contributed by atoms with Gasteiger partial charge in [0.15, 0.2) is 11.5 Å². The minimum absolute atomic E-state index is 0.161. The van der Waals surface area contributed by atoms with Gasteiger partial charge >= 0.3 is 0 Å². The predicted molar refractivity (Wildman–Crippen MR) is 116 cm³/mol. The number of nitrogens with one attached hydrogen (secondary N) is 1. The summed E-state index contributed by atoms with van der Waals surface area (Å²) >= 11 is 0. The molecule has 3 rings (SSSR count). The lowest BCUT2D eigenvalue weighted by atomic mass is 9.95. The zero-order chi connectivity index (χ0) is 21.5. The van der Waals surface area contributed by atoms with Crippen molar-refractivity contribution in [2.75, 3.05) is 27.4 Å². The molecule has 6 heteroatoms. The fraction of sp³-hybridized carbons (Fsp3) is 0.375. The van der Waals surface area contributed by atoms with Crippen LogP contribution in [0.3, 0.4) is 0 Å². The van der Waals surface area contributed by atoms with Crippen LogP contribution >= 0.6 is 0 Å². The average molecular weight is 411 g/mol. The smallest absolute Gasteiger partial charge is 0.244 e. The van der Waals surface area contributed by atoms with Crippen LogP contribution in [0.4, 0.5) is 0 Å². The number of hydrogen-bond donors (Lipinski definition) is 1. The molecule has 0 saturated carbocycles. The number of carbonyl (C=O) groups excluding carboxylic acids is 1. The molecule has 2 aromatic carbocycles. The fourth-order valence-corrected chi connectivity index (χ4v) is 3.34. The first kappa shape index (κ1) is 21.6. The molecule has 30 heavy (non-hydrogen) atoms. The van der Waals surface area contributed by atoms with Crippen LogP contribution in [0.2, 0.25) is 0 Å². The lowest BCUT2D eigenvalue weighted by molar-refractivity contribution is -0.117. The molecule has 2 aromatic rings. The summed E-state index contributed by atoms with van der Waals surface area (Å²) in [5.74, 6) is 2.84. The molecule has 1 amide bonds. The first-order valence-corrected chi connectivity index (χ1v) is 10.1. The molecule has 160 valence electrons. The van der Waals surface area contributed by atoms with Gasteiger partial charge < -0.3 is 24.3 Å². The standard InChI is InChI=1S/C24H29NO5/c1-16(2)24(18-6-9-21-22(15-18)30-13-5-12-29-21)25-23(26)11-7-17-14-19(27-3)8-10-20(17)28-4/h6-11,14-16,24H,5,12-13H2,1-4H3,(H,25,26)/b11-7+/t24-/m1/s1. The molecule has 0 bridgehead atoms. The summed E-state index contributed by atoms with van der Waals surface area (Å²) < 4.78 is 22.1. The molecule has 1 aliphatic rings. The van der Waals surface area contributed by atoms with Crippen molar-refractivity contribution >= 4 is 12.0 Å². The van der Waals surface area contributed by atoms with Crippen LogP contribution in [0.1, 0.15) is 37.4 Å². The Bertz CT molecular complexity index is 906. The minimum Gasteiger partial charge on any atom is -0.497 e. The van der Waals surface area contributed by atoms with Crippen molar-refractivity contribution in [2.24, 2.45) is 5.92 Å². The summed E-state index contributed by atoms with van der Waals surface area (Å²) in [7, 11) is 3.20.